The zero-order chi connectivity index (χ0) is 25.4. The van der Waals surface area contributed by atoms with Crippen molar-refractivity contribution in [3.05, 3.63) is 94.0 Å². The van der Waals surface area contributed by atoms with Crippen molar-refractivity contribution in [1.82, 2.24) is 4.90 Å². The van der Waals surface area contributed by atoms with Crippen molar-refractivity contribution in [1.29, 1.82) is 0 Å². The van der Waals surface area contributed by atoms with Crippen molar-refractivity contribution in [2.75, 3.05) is 19.3 Å². The molecule has 0 unspecified atom stereocenters. The zero-order valence-electron chi connectivity index (χ0n) is 19.6. The topological polar surface area (TPSA) is 111 Å². The standard InChI is InChI=1S/C26H23N3O7/c1-34-20-13-18(19(29(32)33)14-21(20)35-2)23-22-24(36-28(23)17-11-7-4-8-12-17)26(31)27(25(22)30)15-16-9-5-3-6-10-16/h3-14,22-24H,15H2,1-2H3/t22-,23+,24+/m0/s1. The van der Waals surface area contributed by atoms with E-state index in [2.05, 4.69) is 0 Å². The van der Waals surface area contributed by atoms with E-state index in [9.17, 15) is 19.7 Å². The predicted molar refractivity (Wildman–Crippen MR) is 128 cm³/mol. The quantitative estimate of drug-likeness (QED) is 0.281. The number of hydrogen-bond donors (Lipinski definition) is 0. The number of hydrogen-bond acceptors (Lipinski definition) is 8. The smallest absolute Gasteiger partial charge is 0.278 e. The fraction of sp³-hybridized carbons (Fsp3) is 0.231. The van der Waals surface area contributed by atoms with Gasteiger partial charge in [-0.2, -0.15) is 0 Å². The first-order valence-electron chi connectivity index (χ1n) is 11.2. The molecule has 0 N–H and O–H groups in total. The van der Waals surface area contributed by atoms with E-state index >= 15 is 0 Å². The molecular formula is C26H23N3O7. The van der Waals surface area contributed by atoms with E-state index in [1.54, 1.807) is 24.3 Å². The van der Waals surface area contributed by atoms with Crippen LogP contribution in [-0.2, 0) is 21.0 Å². The largest absolute Gasteiger partial charge is 0.493 e. The molecule has 0 radical (unpaired) electrons. The molecule has 0 aromatic heterocycles. The number of likely N-dealkylation sites (tertiary alicyclic amines) is 1. The Morgan fingerprint density at radius 3 is 2.14 bits per heavy atom. The summed E-state index contributed by atoms with van der Waals surface area (Å²) < 4.78 is 10.7. The fourth-order valence-corrected chi connectivity index (χ4v) is 4.79. The molecule has 2 amide bonds. The molecule has 0 saturated carbocycles. The van der Waals surface area contributed by atoms with Gasteiger partial charge in [-0.25, -0.2) is 5.06 Å². The maximum absolute atomic E-state index is 13.7. The van der Waals surface area contributed by atoms with Gasteiger partial charge in [0.05, 0.1) is 43.0 Å². The van der Waals surface area contributed by atoms with Crippen LogP contribution < -0.4 is 14.5 Å². The molecule has 2 fully saturated rings. The molecule has 2 saturated heterocycles. The van der Waals surface area contributed by atoms with Gasteiger partial charge in [0.1, 0.15) is 12.0 Å². The fourth-order valence-electron chi connectivity index (χ4n) is 4.79. The molecule has 2 heterocycles. The average molecular weight is 489 g/mol. The Bertz CT molecular complexity index is 1320. The zero-order valence-corrected chi connectivity index (χ0v) is 19.6. The number of nitrogens with zero attached hydrogens (tertiary/aromatic N) is 3. The second kappa shape index (κ2) is 9.31. The third kappa shape index (κ3) is 3.81. The Morgan fingerprint density at radius 1 is 0.917 bits per heavy atom. The molecular weight excluding hydrogens is 466 g/mol. The van der Waals surface area contributed by atoms with Crippen LogP contribution in [0, 0.1) is 16.0 Å². The number of carbonyl (C=O) groups is 2. The van der Waals surface area contributed by atoms with E-state index in [0.29, 0.717) is 5.69 Å². The maximum Gasteiger partial charge on any atom is 0.278 e. The summed E-state index contributed by atoms with van der Waals surface area (Å²) >= 11 is 0. The number of ether oxygens (including phenoxy) is 2. The molecule has 0 spiro atoms. The van der Waals surface area contributed by atoms with Crippen LogP contribution in [-0.4, -0.2) is 42.0 Å². The summed E-state index contributed by atoms with van der Waals surface area (Å²) in [5.74, 6) is -1.51. The van der Waals surface area contributed by atoms with Crippen molar-refractivity contribution >= 4 is 23.2 Å². The molecule has 10 heteroatoms. The lowest BCUT2D eigenvalue weighted by atomic mass is 9.89. The highest BCUT2D eigenvalue weighted by molar-refractivity contribution is 6.07. The number of fused-ring (bicyclic) bond motifs is 1. The highest BCUT2D eigenvalue weighted by atomic mass is 16.7. The number of amides is 2. The summed E-state index contributed by atoms with van der Waals surface area (Å²) in [7, 11) is 2.80. The summed E-state index contributed by atoms with van der Waals surface area (Å²) in [6.45, 7) is 0.0843. The first-order chi connectivity index (χ1) is 17.4. The predicted octanol–water partition coefficient (Wildman–Crippen LogP) is 3.66. The van der Waals surface area contributed by atoms with Crippen molar-refractivity contribution in [3.8, 4) is 11.5 Å². The van der Waals surface area contributed by atoms with E-state index in [0.717, 1.165) is 10.5 Å². The minimum Gasteiger partial charge on any atom is -0.493 e. The van der Waals surface area contributed by atoms with E-state index < -0.39 is 34.8 Å². The number of methoxy groups -OCH3 is 2. The third-order valence-electron chi connectivity index (χ3n) is 6.45. The molecule has 3 aromatic carbocycles. The number of benzene rings is 3. The molecule has 5 rings (SSSR count). The highest BCUT2D eigenvalue weighted by Crippen LogP contribution is 2.50. The maximum atomic E-state index is 13.7. The van der Waals surface area contributed by atoms with Crippen LogP contribution in [0.3, 0.4) is 0 Å². The van der Waals surface area contributed by atoms with Crippen LogP contribution in [0.4, 0.5) is 11.4 Å². The van der Waals surface area contributed by atoms with Crippen LogP contribution in [0.1, 0.15) is 17.2 Å². The van der Waals surface area contributed by atoms with Gasteiger partial charge >= 0.3 is 0 Å². The van der Waals surface area contributed by atoms with E-state index in [1.165, 1.54) is 31.4 Å². The lowest BCUT2D eigenvalue weighted by Crippen LogP contribution is -2.37. The van der Waals surface area contributed by atoms with Crippen molar-refractivity contribution in [2.24, 2.45) is 5.92 Å². The Balaban J connectivity index is 1.63. The first-order valence-corrected chi connectivity index (χ1v) is 11.2. The Hall–Kier alpha value is -4.44. The van der Waals surface area contributed by atoms with Gasteiger partial charge in [-0.1, -0.05) is 48.5 Å². The van der Waals surface area contributed by atoms with Gasteiger partial charge in [-0.15, -0.1) is 0 Å². The first kappa shape index (κ1) is 23.3. The van der Waals surface area contributed by atoms with Crippen LogP contribution >= 0.6 is 0 Å². The molecule has 3 atom stereocenters. The van der Waals surface area contributed by atoms with Gasteiger partial charge in [-0.3, -0.25) is 29.4 Å². The minimum absolute atomic E-state index is 0.0843. The number of carbonyl (C=O) groups excluding carboxylic acids is 2. The van der Waals surface area contributed by atoms with Crippen molar-refractivity contribution in [3.63, 3.8) is 0 Å². The average Bonchev–Trinajstić information content (AvgIpc) is 3.40. The molecule has 36 heavy (non-hydrogen) atoms. The van der Waals surface area contributed by atoms with Crippen LogP contribution in [0.5, 0.6) is 11.5 Å². The number of rotatable bonds is 7. The molecule has 3 aromatic rings. The highest BCUT2D eigenvalue weighted by Gasteiger charge is 2.61. The van der Waals surface area contributed by atoms with Crippen LogP contribution in [0.2, 0.25) is 0 Å². The Labute approximate surface area is 206 Å². The number of hydroxylamine groups is 1. The second-order valence-corrected chi connectivity index (χ2v) is 8.43. The lowest BCUT2D eigenvalue weighted by molar-refractivity contribution is -0.385. The Morgan fingerprint density at radius 2 is 1.53 bits per heavy atom. The van der Waals surface area contributed by atoms with Gasteiger partial charge in [0.25, 0.3) is 11.6 Å². The van der Waals surface area contributed by atoms with Crippen molar-refractivity contribution in [2.45, 2.75) is 18.7 Å². The summed E-state index contributed by atoms with van der Waals surface area (Å²) in [5.41, 5.74) is 1.24. The van der Waals surface area contributed by atoms with E-state index in [-0.39, 0.29) is 29.3 Å². The molecule has 0 aliphatic carbocycles. The summed E-state index contributed by atoms with van der Waals surface area (Å²) in [6, 6.07) is 19.8. The van der Waals surface area contributed by atoms with E-state index in [4.69, 9.17) is 14.3 Å². The third-order valence-corrected chi connectivity index (χ3v) is 6.45. The molecule has 2 aliphatic heterocycles. The summed E-state index contributed by atoms with van der Waals surface area (Å²) in [5, 5.41) is 13.5. The summed E-state index contributed by atoms with van der Waals surface area (Å²) in [6.07, 6.45) is -1.13. The number of nitro groups is 1. The minimum atomic E-state index is -1.13. The van der Waals surface area contributed by atoms with Crippen LogP contribution in [0.15, 0.2) is 72.8 Å². The number of imide groups is 1. The molecule has 2 aliphatic rings. The van der Waals surface area contributed by atoms with Gasteiger partial charge in [0, 0.05) is 0 Å². The molecule has 184 valence electrons. The SMILES string of the molecule is COc1cc([C@@H]2[C@@H]3C(=O)N(Cc4ccccc4)C(=O)[C@@H]3ON2c2ccccc2)c([N+](=O)[O-])cc1OC. The van der Waals surface area contributed by atoms with E-state index in [1.807, 2.05) is 36.4 Å². The number of para-hydroxylation sites is 1. The van der Waals surface area contributed by atoms with Gasteiger partial charge in [-0.05, 0) is 23.8 Å². The molecule has 0 bridgehead atoms. The van der Waals surface area contributed by atoms with Crippen molar-refractivity contribution < 1.29 is 28.8 Å². The molecule has 10 nitrogen and oxygen atoms in total. The lowest BCUT2D eigenvalue weighted by Gasteiger charge is -2.29. The number of anilines is 1. The van der Waals surface area contributed by atoms with Gasteiger partial charge in [0.2, 0.25) is 5.91 Å². The normalized spacial score (nSPS) is 21.0. The number of nitro benzene ring substituents is 1. The summed E-state index contributed by atoms with van der Waals surface area (Å²) in [4.78, 5) is 45.9. The van der Waals surface area contributed by atoms with Gasteiger partial charge < -0.3 is 9.47 Å². The van der Waals surface area contributed by atoms with Crippen LogP contribution in [0.25, 0.3) is 0 Å². The monoisotopic (exact) mass is 489 g/mol. The van der Waals surface area contributed by atoms with Gasteiger partial charge in [0.15, 0.2) is 17.6 Å². The second-order valence-electron chi connectivity index (χ2n) is 8.43. The Kier molecular flexibility index (Phi) is 6.03.